The minimum Gasteiger partial charge on any atom is -0.481 e. The first-order valence-corrected chi connectivity index (χ1v) is 6.02. The van der Waals surface area contributed by atoms with E-state index in [0.717, 1.165) is 5.82 Å². The first-order valence-electron chi connectivity index (χ1n) is 6.02. The Balaban J connectivity index is 2.01. The number of rotatable bonds is 3. The molecular formula is C13H16N2O3. The van der Waals surface area contributed by atoms with Crippen LogP contribution in [0.5, 0.6) is 0 Å². The molecule has 0 unspecified atom stereocenters. The Bertz CT molecular complexity index is 448. The fraction of sp³-hybridized carbons (Fsp3) is 0.462. The van der Waals surface area contributed by atoms with E-state index >= 15 is 0 Å². The minimum atomic E-state index is -0.713. The van der Waals surface area contributed by atoms with Crippen molar-refractivity contribution in [1.82, 2.24) is 4.98 Å². The Morgan fingerprint density at radius 2 is 2.00 bits per heavy atom. The molecule has 5 heteroatoms. The minimum absolute atomic E-state index is 0.00126. The molecule has 0 radical (unpaired) electrons. The lowest BCUT2D eigenvalue weighted by Gasteiger charge is -2.30. The largest absolute Gasteiger partial charge is 0.481 e. The number of carboxylic acid groups (broad SMARTS) is 1. The molecule has 1 aromatic heterocycles. The molecule has 0 bridgehead atoms. The molecule has 0 atom stereocenters. The molecule has 1 aliphatic rings. The summed E-state index contributed by atoms with van der Waals surface area (Å²) >= 11 is 0. The third kappa shape index (κ3) is 2.67. The third-order valence-electron chi connectivity index (χ3n) is 3.32. The van der Waals surface area contributed by atoms with Gasteiger partial charge in [-0.3, -0.25) is 9.59 Å². The van der Waals surface area contributed by atoms with Crippen LogP contribution in [0.25, 0.3) is 0 Å². The van der Waals surface area contributed by atoms with Gasteiger partial charge in [-0.2, -0.15) is 0 Å². The SMILES string of the molecule is CC(=O)c1ccc(N2CCC(C(=O)O)CC2)nc1. The molecule has 1 N–H and O–H groups in total. The Labute approximate surface area is 105 Å². The quantitative estimate of drug-likeness (QED) is 0.822. The lowest BCUT2D eigenvalue weighted by atomic mass is 9.97. The summed E-state index contributed by atoms with van der Waals surface area (Å²) in [5.41, 5.74) is 0.596. The van der Waals surface area contributed by atoms with Crippen LogP contribution in [-0.2, 0) is 4.79 Å². The number of hydrogen-bond donors (Lipinski definition) is 1. The summed E-state index contributed by atoms with van der Waals surface area (Å²) in [5.74, 6) is -0.144. The van der Waals surface area contributed by atoms with Crippen LogP contribution in [0.3, 0.4) is 0 Å². The summed E-state index contributed by atoms with van der Waals surface area (Å²) in [6.07, 6.45) is 2.86. The zero-order valence-corrected chi connectivity index (χ0v) is 10.3. The monoisotopic (exact) mass is 248 g/mol. The molecule has 2 heterocycles. The Hall–Kier alpha value is -1.91. The number of Topliss-reactive ketones (excluding diaryl/α,β-unsaturated/α-hetero) is 1. The fourth-order valence-corrected chi connectivity index (χ4v) is 2.14. The van der Waals surface area contributed by atoms with E-state index in [2.05, 4.69) is 9.88 Å². The second kappa shape index (κ2) is 5.16. The van der Waals surface area contributed by atoms with Gasteiger partial charge in [0.25, 0.3) is 0 Å². The average molecular weight is 248 g/mol. The van der Waals surface area contributed by atoms with E-state index < -0.39 is 5.97 Å². The van der Waals surface area contributed by atoms with Crippen LogP contribution in [0.1, 0.15) is 30.1 Å². The van der Waals surface area contributed by atoms with E-state index in [0.29, 0.717) is 31.5 Å². The van der Waals surface area contributed by atoms with Crippen molar-refractivity contribution in [1.29, 1.82) is 0 Å². The highest BCUT2D eigenvalue weighted by molar-refractivity contribution is 5.93. The zero-order valence-electron chi connectivity index (χ0n) is 10.3. The number of hydrogen-bond acceptors (Lipinski definition) is 4. The standard InChI is InChI=1S/C13H16N2O3/c1-9(16)11-2-3-12(14-8-11)15-6-4-10(5-7-15)13(17)18/h2-3,8,10H,4-7H2,1H3,(H,17,18). The number of piperidine rings is 1. The lowest BCUT2D eigenvalue weighted by molar-refractivity contribution is -0.142. The number of nitrogens with zero attached hydrogens (tertiary/aromatic N) is 2. The Morgan fingerprint density at radius 3 is 2.44 bits per heavy atom. The van der Waals surface area contributed by atoms with Crippen molar-refractivity contribution >= 4 is 17.6 Å². The summed E-state index contributed by atoms with van der Waals surface area (Å²) in [4.78, 5) is 28.3. The molecule has 1 aromatic rings. The highest BCUT2D eigenvalue weighted by Gasteiger charge is 2.24. The summed E-state index contributed by atoms with van der Waals surface area (Å²) in [5, 5.41) is 8.92. The number of carbonyl (C=O) groups is 2. The summed E-state index contributed by atoms with van der Waals surface area (Å²) in [7, 11) is 0. The lowest BCUT2D eigenvalue weighted by Crippen LogP contribution is -2.36. The summed E-state index contributed by atoms with van der Waals surface area (Å²) < 4.78 is 0. The van der Waals surface area contributed by atoms with Crippen molar-refractivity contribution in [2.75, 3.05) is 18.0 Å². The van der Waals surface area contributed by atoms with Crippen LogP contribution in [0.2, 0.25) is 0 Å². The predicted octanol–water partition coefficient (Wildman–Crippen LogP) is 1.59. The molecule has 96 valence electrons. The van der Waals surface area contributed by atoms with Crippen LogP contribution in [-0.4, -0.2) is 34.9 Å². The van der Waals surface area contributed by atoms with Gasteiger partial charge in [0.15, 0.2) is 5.78 Å². The van der Waals surface area contributed by atoms with Crippen molar-refractivity contribution in [2.45, 2.75) is 19.8 Å². The summed E-state index contributed by atoms with van der Waals surface area (Å²) in [6.45, 7) is 2.90. The normalized spacial score (nSPS) is 16.6. The molecular weight excluding hydrogens is 232 g/mol. The molecule has 0 aromatic carbocycles. The maximum Gasteiger partial charge on any atom is 0.306 e. The zero-order chi connectivity index (χ0) is 13.1. The van der Waals surface area contributed by atoms with Gasteiger partial charge in [0.1, 0.15) is 5.82 Å². The van der Waals surface area contributed by atoms with Crippen LogP contribution in [0.4, 0.5) is 5.82 Å². The van der Waals surface area contributed by atoms with Crippen LogP contribution < -0.4 is 4.90 Å². The fourth-order valence-electron chi connectivity index (χ4n) is 2.14. The number of anilines is 1. The predicted molar refractivity (Wildman–Crippen MR) is 66.8 cm³/mol. The molecule has 2 rings (SSSR count). The van der Waals surface area contributed by atoms with Gasteiger partial charge in [0.2, 0.25) is 0 Å². The van der Waals surface area contributed by atoms with E-state index in [9.17, 15) is 9.59 Å². The molecule has 0 spiro atoms. The van der Waals surface area contributed by atoms with E-state index in [4.69, 9.17) is 5.11 Å². The molecule has 18 heavy (non-hydrogen) atoms. The number of aliphatic carboxylic acids is 1. The molecule has 0 amide bonds. The molecule has 1 aliphatic heterocycles. The maximum atomic E-state index is 11.1. The van der Waals surface area contributed by atoms with Crippen LogP contribution >= 0.6 is 0 Å². The van der Waals surface area contributed by atoms with Gasteiger partial charge in [-0.05, 0) is 31.9 Å². The Morgan fingerprint density at radius 1 is 1.33 bits per heavy atom. The van der Waals surface area contributed by atoms with Crippen LogP contribution in [0.15, 0.2) is 18.3 Å². The topological polar surface area (TPSA) is 70.5 Å². The van der Waals surface area contributed by atoms with Gasteiger partial charge in [-0.1, -0.05) is 0 Å². The van der Waals surface area contributed by atoms with Gasteiger partial charge in [-0.15, -0.1) is 0 Å². The van der Waals surface area contributed by atoms with Gasteiger partial charge in [0.05, 0.1) is 5.92 Å². The number of aromatic nitrogens is 1. The first kappa shape index (κ1) is 12.5. The van der Waals surface area contributed by atoms with Crippen molar-refractivity contribution in [2.24, 2.45) is 5.92 Å². The van der Waals surface area contributed by atoms with E-state index in [1.54, 1.807) is 12.3 Å². The Kier molecular flexibility index (Phi) is 3.60. The van der Waals surface area contributed by atoms with Gasteiger partial charge >= 0.3 is 5.97 Å². The number of ketones is 1. The van der Waals surface area contributed by atoms with E-state index in [1.165, 1.54) is 6.92 Å². The van der Waals surface area contributed by atoms with E-state index in [1.807, 2.05) is 6.07 Å². The summed E-state index contributed by atoms with van der Waals surface area (Å²) in [6, 6.07) is 3.58. The van der Waals surface area contributed by atoms with Crippen LogP contribution in [0, 0.1) is 5.92 Å². The number of pyridine rings is 1. The van der Waals surface area contributed by atoms with Gasteiger partial charge < -0.3 is 10.0 Å². The molecule has 1 fully saturated rings. The number of carboxylic acids is 1. The van der Waals surface area contributed by atoms with E-state index in [-0.39, 0.29) is 11.7 Å². The van der Waals surface area contributed by atoms with Gasteiger partial charge in [0, 0.05) is 24.8 Å². The molecule has 5 nitrogen and oxygen atoms in total. The first-order chi connectivity index (χ1) is 8.58. The average Bonchev–Trinajstić information content (AvgIpc) is 2.39. The van der Waals surface area contributed by atoms with Crippen molar-refractivity contribution in [3.05, 3.63) is 23.9 Å². The second-order valence-corrected chi connectivity index (χ2v) is 4.56. The van der Waals surface area contributed by atoms with Crippen molar-refractivity contribution in [3.8, 4) is 0 Å². The molecule has 1 saturated heterocycles. The van der Waals surface area contributed by atoms with Crippen molar-refractivity contribution < 1.29 is 14.7 Å². The highest BCUT2D eigenvalue weighted by Crippen LogP contribution is 2.22. The highest BCUT2D eigenvalue weighted by atomic mass is 16.4. The molecule has 0 saturated carbocycles. The van der Waals surface area contributed by atoms with Gasteiger partial charge in [-0.25, -0.2) is 4.98 Å². The number of carbonyl (C=O) groups excluding carboxylic acids is 1. The second-order valence-electron chi connectivity index (χ2n) is 4.56. The smallest absolute Gasteiger partial charge is 0.306 e. The maximum absolute atomic E-state index is 11.1. The molecule has 0 aliphatic carbocycles. The third-order valence-corrected chi connectivity index (χ3v) is 3.32. The van der Waals surface area contributed by atoms with Crippen molar-refractivity contribution in [3.63, 3.8) is 0 Å².